The van der Waals surface area contributed by atoms with Crippen LogP contribution >= 0.6 is 0 Å². The molecule has 2 aromatic carbocycles. The molecule has 2 amide bonds. The molecule has 5 heteroatoms. The number of benzene rings is 2. The summed E-state index contributed by atoms with van der Waals surface area (Å²) in [4.78, 5) is 27.8. The Kier molecular flexibility index (Phi) is 4.60. The highest BCUT2D eigenvalue weighted by Gasteiger charge is 2.56. The standard InChI is InChI=1S/C22H25N3O2/c1-16-5-4-6-18(15-16)24-21(27)22(11-12-22)20(26)23-17-7-9-19(10-8-17)25-13-2-3-14-25/h4-10,15H,2-3,11-14H2,1H3,(H,23,26)(H,24,27). The number of amides is 2. The van der Waals surface area contributed by atoms with Crippen LogP contribution in [0.3, 0.4) is 0 Å². The van der Waals surface area contributed by atoms with E-state index in [0.717, 1.165) is 30.0 Å². The monoisotopic (exact) mass is 363 g/mol. The maximum absolute atomic E-state index is 12.8. The van der Waals surface area contributed by atoms with Gasteiger partial charge in [-0.1, -0.05) is 12.1 Å². The number of hydrogen-bond donors (Lipinski definition) is 2. The smallest absolute Gasteiger partial charge is 0.240 e. The maximum Gasteiger partial charge on any atom is 0.240 e. The Morgan fingerprint density at radius 3 is 2.11 bits per heavy atom. The van der Waals surface area contributed by atoms with E-state index in [9.17, 15) is 9.59 Å². The molecule has 1 saturated carbocycles. The van der Waals surface area contributed by atoms with Crippen molar-refractivity contribution in [3.63, 3.8) is 0 Å². The van der Waals surface area contributed by atoms with Crippen molar-refractivity contribution in [2.75, 3.05) is 28.6 Å². The summed E-state index contributed by atoms with van der Waals surface area (Å²) in [5, 5.41) is 5.81. The van der Waals surface area contributed by atoms with Gasteiger partial charge in [-0.05, 0) is 74.6 Å². The lowest BCUT2D eigenvalue weighted by Crippen LogP contribution is -2.35. The summed E-state index contributed by atoms with van der Waals surface area (Å²) in [5.74, 6) is -0.444. The van der Waals surface area contributed by atoms with Gasteiger partial charge in [-0.15, -0.1) is 0 Å². The van der Waals surface area contributed by atoms with Gasteiger partial charge in [-0.2, -0.15) is 0 Å². The minimum Gasteiger partial charge on any atom is -0.372 e. The van der Waals surface area contributed by atoms with Crippen LogP contribution in [-0.2, 0) is 9.59 Å². The van der Waals surface area contributed by atoms with E-state index in [1.165, 1.54) is 18.5 Å². The van der Waals surface area contributed by atoms with Gasteiger partial charge in [0.1, 0.15) is 5.41 Å². The summed E-state index contributed by atoms with van der Waals surface area (Å²) < 4.78 is 0. The second-order valence-corrected chi connectivity index (χ2v) is 7.60. The van der Waals surface area contributed by atoms with Gasteiger partial charge < -0.3 is 15.5 Å². The lowest BCUT2D eigenvalue weighted by molar-refractivity contribution is -0.131. The highest BCUT2D eigenvalue weighted by Crippen LogP contribution is 2.47. The van der Waals surface area contributed by atoms with E-state index in [2.05, 4.69) is 15.5 Å². The largest absolute Gasteiger partial charge is 0.372 e. The Bertz CT molecular complexity index is 850. The number of nitrogens with one attached hydrogen (secondary N) is 2. The third-order valence-corrected chi connectivity index (χ3v) is 5.49. The number of aryl methyl sites for hydroxylation is 1. The SMILES string of the molecule is Cc1cccc(NC(=O)C2(C(=O)Nc3ccc(N4CCCC4)cc3)CC2)c1. The van der Waals surface area contributed by atoms with Gasteiger partial charge >= 0.3 is 0 Å². The molecule has 0 atom stereocenters. The summed E-state index contributed by atoms with van der Waals surface area (Å²) in [7, 11) is 0. The number of hydrogen-bond acceptors (Lipinski definition) is 3. The Labute approximate surface area is 159 Å². The van der Waals surface area contributed by atoms with E-state index in [1.54, 1.807) is 0 Å². The maximum atomic E-state index is 12.8. The van der Waals surface area contributed by atoms with Crippen molar-refractivity contribution in [1.82, 2.24) is 0 Å². The molecule has 2 aliphatic rings. The van der Waals surface area contributed by atoms with Crippen molar-refractivity contribution < 1.29 is 9.59 Å². The van der Waals surface area contributed by atoms with E-state index in [-0.39, 0.29) is 11.8 Å². The fourth-order valence-corrected chi connectivity index (χ4v) is 3.64. The second-order valence-electron chi connectivity index (χ2n) is 7.60. The van der Waals surface area contributed by atoms with Crippen LogP contribution in [0.1, 0.15) is 31.2 Å². The summed E-state index contributed by atoms with van der Waals surface area (Å²) in [6, 6.07) is 15.5. The fourth-order valence-electron chi connectivity index (χ4n) is 3.64. The third-order valence-electron chi connectivity index (χ3n) is 5.49. The molecule has 1 aliphatic carbocycles. The van der Waals surface area contributed by atoms with Crippen molar-refractivity contribution in [1.29, 1.82) is 0 Å². The third kappa shape index (κ3) is 3.68. The fraction of sp³-hybridized carbons (Fsp3) is 0.364. The lowest BCUT2D eigenvalue weighted by atomic mass is 10.0. The van der Waals surface area contributed by atoms with Gasteiger partial charge in [0.15, 0.2) is 0 Å². The molecule has 5 nitrogen and oxygen atoms in total. The number of anilines is 3. The molecule has 140 valence electrons. The number of carbonyl (C=O) groups is 2. The van der Waals surface area contributed by atoms with Crippen LogP contribution in [0.15, 0.2) is 48.5 Å². The van der Waals surface area contributed by atoms with Crippen molar-refractivity contribution in [2.45, 2.75) is 32.6 Å². The van der Waals surface area contributed by atoms with E-state index >= 15 is 0 Å². The molecule has 1 saturated heterocycles. The van der Waals surface area contributed by atoms with Gasteiger partial charge in [-0.25, -0.2) is 0 Å². The average Bonchev–Trinajstić information content (AvgIpc) is 3.30. The van der Waals surface area contributed by atoms with Crippen LogP contribution in [-0.4, -0.2) is 24.9 Å². The first-order valence-electron chi connectivity index (χ1n) is 9.61. The Hall–Kier alpha value is -2.82. The molecule has 0 unspecified atom stereocenters. The Balaban J connectivity index is 1.40. The predicted octanol–water partition coefficient (Wildman–Crippen LogP) is 3.95. The van der Waals surface area contributed by atoms with E-state index < -0.39 is 5.41 Å². The van der Waals surface area contributed by atoms with Gasteiger partial charge in [0.2, 0.25) is 11.8 Å². The minimum atomic E-state index is -0.947. The number of carbonyl (C=O) groups excluding carboxylic acids is 2. The van der Waals surface area contributed by atoms with E-state index in [4.69, 9.17) is 0 Å². The molecular formula is C22H25N3O2. The Morgan fingerprint density at radius 1 is 0.889 bits per heavy atom. The quantitative estimate of drug-likeness (QED) is 0.791. The van der Waals surface area contributed by atoms with E-state index in [0.29, 0.717) is 12.8 Å². The molecule has 0 bridgehead atoms. The zero-order chi connectivity index (χ0) is 18.9. The van der Waals surface area contributed by atoms with Crippen LogP contribution in [0.25, 0.3) is 0 Å². The van der Waals surface area contributed by atoms with Crippen molar-refractivity contribution in [3.05, 3.63) is 54.1 Å². The number of nitrogens with zero attached hydrogens (tertiary/aromatic N) is 1. The first-order chi connectivity index (χ1) is 13.1. The second kappa shape index (κ2) is 7.06. The molecule has 2 N–H and O–H groups in total. The molecule has 0 aromatic heterocycles. The van der Waals surface area contributed by atoms with Crippen LogP contribution in [0.4, 0.5) is 17.1 Å². The van der Waals surface area contributed by atoms with E-state index in [1.807, 2.05) is 55.5 Å². The molecule has 1 aliphatic heterocycles. The van der Waals surface area contributed by atoms with Crippen LogP contribution < -0.4 is 15.5 Å². The molecule has 2 aromatic rings. The highest BCUT2D eigenvalue weighted by molar-refractivity contribution is 6.16. The molecule has 4 rings (SSSR count). The molecule has 0 radical (unpaired) electrons. The first-order valence-corrected chi connectivity index (χ1v) is 9.61. The highest BCUT2D eigenvalue weighted by atomic mass is 16.2. The van der Waals surface area contributed by atoms with Gasteiger partial charge in [0, 0.05) is 30.2 Å². The summed E-state index contributed by atoms with van der Waals surface area (Å²) in [6.45, 7) is 4.16. The molecule has 2 fully saturated rings. The predicted molar refractivity (Wildman–Crippen MR) is 108 cm³/mol. The average molecular weight is 363 g/mol. The van der Waals surface area contributed by atoms with Crippen LogP contribution in [0.2, 0.25) is 0 Å². The topological polar surface area (TPSA) is 61.4 Å². The van der Waals surface area contributed by atoms with Crippen LogP contribution in [0.5, 0.6) is 0 Å². The zero-order valence-electron chi connectivity index (χ0n) is 15.6. The van der Waals surface area contributed by atoms with Gasteiger partial charge in [0.05, 0.1) is 0 Å². The summed E-state index contributed by atoms with van der Waals surface area (Å²) >= 11 is 0. The van der Waals surface area contributed by atoms with Gasteiger partial charge in [-0.3, -0.25) is 9.59 Å². The van der Waals surface area contributed by atoms with Crippen LogP contribution in [0, 0.1) is 12.3 Å². The zero-order valence-corrected chi connectivity index (χ0v) is 15.6. The van der Waals surface area contributed by atoms with Crippen molar-refractivity contribution >= 4 is 28.9 Å². The Morgan fingerprint density at radius 2 is 1.52 bits per heavy atom. The summed E-state index contributed by atoms with van der Waals surface area (Å²) in [6.07, 6.45) is 3.64. The van der Waals surface area contributed by atoms with Crippen molar-refractivity contribution in [3.8, 4) is 0 Å². The summed E-state index contributed by atoms with van der Waals surface area (Å²) in [5.41, 5.74) is 2.77. The first kappa shape index (κ1) is 17.6. The molecule has 1 heterocycles. The lowest BCUT2D eigenvalue weighted by Gasteiger charge is -2.19. The van der Waals surface area contributed by atoms with Crippen molar-refractivity contribution in [2.24, 2.45) is 5.41 Å². The van der Waals surface area contributed by atoms with Gasteiger partial charge in [0.25, 0.3) is 0 Å². The number of rotatable bonds is 5. The molecule has 0 spiro atoms. The minimum absolute atomic E-state index is 0.221. The molecular weight excluding hydrogens is 338 g/mol. The normalized spacial score (nSPS) is 17.4. The molecule has 27 heavy (non-hydrogen) atoms.